The molecule has 15 nitrogen and oxygen atoms in total. The minimum Gasteiger partial charge on any atom is -0.462 e. The van der Waals surface area contributed by atoms with Crippen LogP contribution in [0.4, 0.5) is 0 Å². The van der Waals surface area contributed by atoms with Crippen molar-refractivity contribution in [1.29, 1.82) is 0 Å². The largest absolute Gasteiger partial charge is 0.462 e. The van der Waals surface area contributed by atoms with E-state index in [2.05, 4.69) is 98.9 Å². The maximum Gasteiger partial charge on any atom is 0.310 e. The first-order valence-corrected chi connectivity index (χ1v) is 26.5. The molecule has 2 aliphatic rings. The summed E-state index contributed by atoms with van der Waals surface area (Å²) in [5.41, 5.74) is 0. The molecule has 7 N–H and O–H groups in total. The maximum atomic E-state index is 13.0. The molecule has 0 saturated carbocycles. The Hall–Kier alpha value is -3.84. The summed E-state index contributed by atoms with van der Waals surface area (Å²) in [5.74, 6) is -1.09. The van der Waals surface area contributed by atoms with Crippen LogP contribution < -0.4 is 0 Å². The molecular weight excluding hydrogens is 925 g/mol. The van der Waals surface area contributed by atoms with Crippen molar-refractivity contribution in [2.24, 2.45) is 0 Å². The van der Waals surface area contributed by atoms with Gasteiger partial charge in [-0.1, -0.05) is 162 Å². The standard InChI is InChI=1S/C57H90O15/c1-3-5-7-9-11-13-15-17-19-20-21-22-23-24-26-27-29-31-33-35-37-39-48(59)67-42-45(70-49(60)40-38-36-34-32-30-28-25-18-16-14-12-10-8-6-4-2)43-68-56-55(66)53(64)51(62)47(72-56)44-69-57-54(65)52(63)50(61)46(41-58)71-57/h5-8,11-14,17-19,21-22,25,30,32,36,38,45-47,50-58,61-66H,3-4,9-10,15-16,20,23-24,26-29,31,33-35,37,39-44H2,1-2H3/b7-5-,8-6-,13-11-,14-12-,19-17-,22-21-,25-18-,32-30-,38-36-. The lowest BCUT2D eigenvalue weighted by Crippen LogP contribution is -2.61. The highest BCUT2D eigenvalue weighted by Gasteiger charge is 2.47. The van der Waals surface area contributed by atoms with Gasteiger partial charge in [0.05, 0.1) is 26.2 Å². The van der Waals surface area contributed by atoms with Crippen LogP contribution in [0.2, 0.25) is 0 Å². The van der Waals surface area contributed by atoms with Gasteiger partial charge in [0, 0.05) is 6.42 Å². The van der Waals surface area contributed by atoms with E-state index in [1.165, 1.54) is 19.3 Å². The van der Waals surface area contributed by atoms with E-state index >= 15 is 0 Å². The van der Waals surface area contributed by atoms with Crippen LogP contribution in [0.25, 0.3) is 0 Å². The Morgan fingerprint density at radius 2 is 0.875 bits per heavy atom. The van der Waals surface area contributed by atoms with Gasteiger partial charge in [-0.25, -0.2) is 0 Å². The molecule has 0 aromatic rings. The van der Waals surface area contributed by atoms with E-state index in [9.17, 15) is 45.3 Å². The zero-order valence-corrected chi connectivity index (χ0v) is 43.1. The average molecular weight is 1020 g/mol. The molecular formula is C57H90O15. The van der Waals surface area contributed by atoms with Crippen molar-refractivity contribution >= 4 is 11.9 Å². The number of unbranched alkanes of at least 4 members (excludes halogenated alkanes) is 8. The van der Waals surface area contributed by atoms with E-state index in [1.807, 2.05) is 18.2 Å². The van der Waals surface area contributed by atoms with E-state index < -0.39 is 99.3 Å². The van der Waals surface area contributed by atoms with Crippen LogP contribution in [0.1, 0.15) is 142 Å². The Kier molecular flexibility index (Phi) is 37.9. The van der Waals surface area contributed by atoms with Gasteiger partial charge in [0.15, 0.2) is 18.7 Å². The first-order valence-electron chi connectivity index (χ1n) is 26.5. The predicted molar refractivity (Wildman–Crippen MR) is 279 cm³/mol. The van der Waals surface area contributed by atoms with Crippen LogP contribution in [0.3, 0.4) is 0 Å². The summed E-state index contributed by atoms with van der Waals surface area (Å²) >= 11 is 0. The Labute approximate surface area is 430 Å². The molecule has 2 fully saturated rings. The Balaban J connectivity index is 1.82. The molecule has 0 aromatic carbocycles. The number of hydrogen-bond donors (Lipinski definition) is 7. The maximum absolute atomic E-state index is 13.0. The van der Waals surface area contributed by atoms with E-state index in [4.69, 9.17) is 28.4 Å². The number of ether oxygens (including phenoxy) is 6. The third-order valence-electron chi connectivity index (χ3n) is 11.8. The lowest BCUT2D eigenvalue weighted by atomic mass is 9.98. The van der Waals surface area contributed by atoms with Crippen molar-refractivity contribution in [1.82, 2.24) is 0 Å². The zero-order chi connectivity index (χ0) is 52.4. The van der Waals surface area contributed by atoms with Gasteiger partial charge in [0.25, 0.3) is 0 Å². The number of aliphatic hydroxyl groups excluding tert-OH is 7. The number of rotatable bonds is 39. The zero-order valence-electron chi connectivity index (χ0n) is 43.1. The molecule has 72 heavy (non-hydrogen) atoms. The van der Waals surface area contributed by atoms with Crippen LogP contribution >= 0.6 is 0 Å². The first-order chi connectivity index (χ1) is 35.0. The summed E-state index contributed by atoms with van der Waals surface area (Å²) in [6, 6.07) is 0. The molecule has 15 heteroatoms. The summed E-state index contributed by atoms with van der Waals surface area (Å²) in [7, 11) is 0. The summed E-state index contributed by atoms with van der Waals surface area (Å²) in [5, 5.41) is 72.1. The molecule has 0 spiro atoms. The molecule has 0 aromatic heterocycles. The second-order valence-corrected chi connectivity index (χ2v) is 18.0. The van der Waals surface area contributed by atoms with Crippen LogP contribution in [0, 0.1) is 0 Å². The molecule has 2 rings (SSSR count). The number of allylic oxidation sites excluding steroid dienone is 17. The monoisotopic (exact) mass is 1010 g/mol. The molecule has 11 atom stereocenters. The fraction of sp³-hybridized carbons (Fsp3) is 0.649. The van der Waals surface area contributed by atoms with Crippen molar-refractivity contribution < 1.29 is 73.8 Å². The molecule has 2 aliphatic heterocycles. The lowest BCUT2D eigenvalue weighted by Gasteiger charge is -2.42. The molecule has 11 unspecified atom stereocenters. The SMILES string of the molecule is CC/C=C\C/C=C\C/C=C\C/C=C\C/C=C\CC(=O)OC(COC(=O)CCCCCCCCCC/C=C\C/C=C\C/C=C\C/C=C\CC)COC1OC(COC2OC(CO)C(O)C(O)C2O)C(O)C(O)C1O. The van der Waals surface area contributed by atoms with Gasteiger partial charge in [0.2, 0.25) is 0 Å². The van der Waals surface area contributed by atoms with Gasteiger partial charge in [-0.15, -0.1) is 0 Å². The highest BCUT2D eigenvalue weighted by atomic mass is 16.7. The van der Waals surface area contributed by atoms with Crippen molar-refractivity contribution in [3.63, 3.8) is 0 Å². The van der Waals surface area contributed by atoms with Crippen molar-refractivity contribution in [3.05, 3.63) is 109 Å². The molecule has 0 radical (unpaired) electrons. The van der Waals surface area contributed by atoms with Crippen LogP contribution in [0.5, 0.6) is 0 Å². The van der Waals surface area contributed by atoms with Crippen molar-refractivity contribution in [3.8, 4) is 0 Å². The number of esters is 2. The van der Waals surface area contributed by atoms with Gasteiger partial charge in [-0.2, -0.15) is 0 Å². The van der Waals surface area contributed by atoms with Gasteiger partial charge in [-0.3, -0.25) is 9.59 Å². The molecule has 2 saturated heterocycles. The third kappa shape index (κ3) is 29.8. The normalized spacial score (nSPS) is 25.9. The number of carbonyl (C=O) groups is 2. The van der Waals surface area contributed by atoms with Gasteiger partial charge >= 0.3 is 11.9 Å². The van der Waals surface area contributed by atoms with E-state index in [0.717, 1.165) is 83.5 Å². The molecule has 0 bridgehead atoms. The average Bonchev–Trinajstić information content (AvgIpc) is 3.37. The first kappa shape index (κ1) is 64.3. The smallest absolute Gasteiger partial charge is 0.310 e. The topological polar surface area (TPSA) is 231 Å². The van der Waals surface area contributed by atoms with Gasteiger partial charge in [-0.05, 0) is 77.0 Å². The summed E-state index contributed by atoms with van der Waals surface area (Å²) in [6.07, 6.45) is 38.6. The lowest BCUT2D eigenvalue weighted by molar-refractivity contribution is -0.332. The van der Waals surface area contributed by atoms with Gasteiger partial charge in [0.1, 0.15) is 55.4 Å². The highest BCUT2D eigenvalue weighted by molar-refractivity contribution is 5.71. The fourth-order valence-electron chi connectivity index (χ4n) is 7.52. The molecule has 0 amide bonds. The summed E-state index contributed by atoms with van der Waals surface area (Å²) < 4.78 is 33.4. The quantitative estimate of drug-likeness (QED) is 0.0176. The fourth-order valence-corrected chi connectivity index (χ4v) is 7.52. The third-order valence-corrected chi connectivity index (χ3v) is 11.8. The summed E-state index contributed by atoms with van der Waals surface area (Å²) in [4.78, 5) is 25.7. The Morgan fingerprint density at radius 3 is 1.38 bits per heavy atom. The van der Waals surface area contributed by atoms with E-state index in [-0.39, 0.29) is 19.4 Å². The minimum absolute atomic E-state index is 0.0753. The summed E-state index contributed by atoms with van der Waals surface area (Å²) in [6.45, 7) is 2.23. The minimum atomic E-state index is -1.79. The Morgan fingerprint density at radius 1 is 0.458 bits per heavy atom. The second-order valence-electron chi connectivity index (χ2n) is 18.0. The van der Waals surface area contributed by atoms with Crippen molar-refractivity contribution in [2.75, 3.05) is 26.4 Å². The van der Waals surface area contributed by atoms with Crippen molar-refractivity contribution in [2.45, 2.75) is 210 Å². The Bertz CT molecular complexity index is 1660. The van der Waals surface area contributed by atoms with E-state index in [0.29, 0.717) is 12.8 Å². The second kappa shape index (κ2) is 42.5. The van der Waals surface area contributed by atoms with Crippen LogP contribution in [-0.4, -0.2) is 142 Å². The van der Waals surface area contributed by atoms with E-state index in [1.54, 1.807) is 6.08 Å². The van der Waals surface area contributed by atoms with Crippen LogP contribution in [0.15, 0.2) is 109 Å². The van der Waals surface area contributed by atoms with Crippen LogP contribution in [-0.2, 0) is 38.0 Å². The molecule has 2 heterocycles. The number of aliphatic hydroxyl groups is 7. The highest BCUT2D eigenvalue weighted by Crippen LogP contribution is 2.26. The predicted octanol–water partition coefficient (Wildman–Crippen LogP) is 7.93. The number of carbonyl (C=O) groups excluding carboxylic acids is 2. The number of hydrogen-bond acceptors (Lipinski definition) is 15. The molecule has 0 aliphatic carbocycles. The molecule has 408 valence electrons. The van der Waals surface area contributed by atoms with Gasteiger partial charge < -0.3 is 64.2 Å².